The van der Waals surface area contributed by atoms with Crippen LogP contribution in [-0.2, 0) is 6.42 Å². The fourth-order valence-electron chi connectivity index (χ4n) is 6.82. The largest absolute Gasteiger partial charge is 0.490 e. The molecule has 0 radical (unpaired) electrons. The highest BCUT2D eigenvalue weighted by atomic mass is 16.7. The van der Waals surface area contributed by atoms with E-state index in [1.54, 1.807) is 0 Å². The molecule has 0 N–H and O–H groups in total. The third kappa shape index (κ3) is 19.4. The van der Waals surface area contributed by atoms with Gasteiger partial charge in [0.05, 0.1) is 0 Å². The summed E-state index contributed by atoms with van der Waals surface area (Å²) in [6.45, 7) is 47.3. The standard InChI is InChI=1S/C16H18O2.C13H18O.C12H16O2.C11H14O2.5C2H6/c1-16(2,3)15-10-17-13-8-11-6-4-5-7-12(11)9-14(13)18-15;1-13(2,3)12-9-8-10-6-4-5-7-11(10)14-12;1-12(2,3)11-8-13-9-6-4-5-7-10(9)14-11;1-11(2,3)10-12-8-6-4-5-7-9(8)13-10;5*1-2/h4-9,15H,10H2,1-3H3;4-7,12H,8-9H2,1-3H3;4-7,11H,8H2,1-3H3;4-7,10H,1-3H3;5*1-2H3. The summed E-state index contributed by atoms with van der Waals surface area (Å²) in [4.78, 5) is 0. The first-order chi connectivity index (χ1) is 32.8. The zero-order valence-electron chi connectivity index (χ0n) is 47.4. The first-order valence-corrected chi connectivity index (χ1v) is 26.1. The second-order valence-electron chi connectivity index (χ2n) is 20.2. The van der Waals surface area contributed by atoms with Gasteiger partial charge in [0, 0.05) is 16.2 Å². The van der Waals surface area contributed by atoms with E-state index in [4.69, 9.17) is 33.2 Å². The Morgan fingerprint density at radius 1 is 0.333 bits per heavy atom. The lowest BCUT2D eigenvalue weighted by atomic mass is 9.84. The molecule has 386 valence electrons. The molecule has 0 bridgehead atoms. The molecule has 5 aromatic rings. The van der Waals surface area contributed by atoms with Crippen LogP contribution in [0.4, 0.5) is 0 Å². The van der Waals surface area contributed by atoms with Gasteiger partial charge in [0.2, 0.25) is 6.29 Å². The third-order valence-electron chi connectivity index (χ3n) is 10.8. The minimum atomic E-state index is -0.162. The Bertz CT molecular complexity index is 2060. The number of benzene rings is 5. The van der Waals surface area contributed by atoms with Crippen LogP contribution in [0.25, 0.3) is 10.8 Å². The van der Waals surface area contributed by atoms with E-state index in [2.05, 4.69) is 126 Å². The molecule has 7 heteroatoms. The third-order valence-corrected chi connectivity index (χ3v) is 10.8. The molecule has 0 aromatic heterocycles. The summed E-state index contributed by atoms with van der Waals surface area (Å²) in [5.74, 6) is 6.21. The van der Waals surface area contributed by atoms with Gasteiger partial charge in [-0.05, 0) is 77.1 Å². The van der Waals surface area contributed by atoms with Crippen LogP contribution in [0, 0.1) is 21.7 Å². The van der Waals surface area contributed by atoms with E-state index in [1.165, 1.54) is 16.3 Å². The van der Waals surface area contributed by atoms with Gasteiger partial charge < -0.3 is 33.2 Å². The lowest BCUT2D eigenvalue weighted by Gasteiger charge is -2.35. The van der Waals surface area contributed by atoms with E-state index < -0.39 is 0 Å². The Labute approximate surface area is 422 Å². The second kappa shape index (κ2) is 29.9. The molecule has 4 aliphatic rings. The van der Waals surface area contributed by atoms with E-state index in [0.29, 0.717) is 19.3 Å². The molecular formula is C62H96O7. The Morgan fingerprint density at radius 2 is 0.667 bits per heavy atom. The number of rotatable bonds is 0. The summed E-state index contributed by atoms with van der Waals surface area (Å²) in [6.07, 6.45) is 2.73. The Balaban J connectivity index is 0.000000435. The monoisotopic (exact) mass is 953 g/mol. The summed E-state index contributed by atoms with van der Waals surface area (Å²) >= 11 is 0. The molecular weight excluding hydrogens is 857 g/mol. The topological polar surface area (TPSA) is 64.6 Å². The number of hydrogen-bond donors (Lipinski definition) is 0. The minimum absolute atomic E-state index is 0.0129. The van der Waals surface area contributed by atoms with Gasteiger partial charge in [-0.15, -0.1) is 0 Å². The van der Waals surface area contributed by atoms with Gasteiger partial charge >= 0.3 is 0 Å². The van der Waals surface area contributed by atoms with Crippen molar-refractivity contribution in [1.29, 1.82) is 0 Å². The molecule has 3 unspecified atom stereocenters. The summed E-state index contributed by atoms with van der Waals surface area (Å²) < 4.78 is 40.7. The highest BCUT2D eigenvalue weighted by molar-refractivity contribution is 5.86. The number of para-hydroxylation sites is 5. The Hall–Kier alpha value is -5.04. The number of aryl methyl sites for hydroxylation is 1. The Morgan fingerprint density at radius 3 is 1.10 bits per heavy atom. The molecule has 69 heavy (non-hydrogen) atoms. The summed E-state index contributed by atoms with van der Waals surface area (Å²) in [6, 6.07) is 36.3. The molecule has 5 aromatic carbocycles. The average molecular weight is 953 g/mol. The highest BCUT2D eigenvalue weighted by Crippen LogP contribution is 2.41. The molecule has 9 rings (SSSR count). The fraction of sp³-hybridized carbons (Fsp3) is 0.548. The number of ether oxygens (including phenoxy) is 7. The molecule has 0 fully saturated rings. The molecule has 0 spiro atoms. The van der Waals surface area contributed by atoms with Crippen LogP contribution >= 0.6 is 0 Å². The maximum absolute atomic E-state index is 6.08. The highest BCUT2D eigenvalue weighted by Gasteiger charge is 2.35. The van der Waals surface area contributed by atoms with Gasteiger partial charge in [0.1, 0.15) is 37.3 Å². The number of hydrogen-bond acceptors (Lipinski definition) is 7. The first kappa shape index (κ1) is 62.0. The zero-order valence-corrected chi connectivity index (χ0v) is 47.4. The van der Waals surface area contributed by atoms with Crippen molar-refractivity contribution in [2.75, 3.05) is 13.2 Å². The van der Waals surface area contributed by atoms with Gasteiger partial charge in [-0.3, -0.25) is 0 Å². The van der Waals surface area contributed by atoms with Crippen LogP contribution in [-0.4, -0.2) is 37.8 Å². The SMILES string of the molecule is CC.CC.CC.CC.CC.CC(C)(C)C1CCc2ccccc2O1.CC(C)(C)C1COc2cc3ccccc3cc2O1.CC(C)(C)C1COc2ccccc2O1.CC(C)(C)C1Oc2ccccc2O1. The maximum atomic E-state index is 6.08. The van der Waals surface area contributed by atoms with E-state index >= 15 is 0 Å². The van der Waals surface area contributed by atoms with E-state index in [0.717, 1.165) is 53.1 Å². The lowest BCUT2D eigenvalue weighted by molar-refractivity contribution is -0.0396. The van der Waals surface area contributed by atoms with Crippen LogP contribution in [0.2, 0.25) is 0 Å². The molecule has 3 atom stereocenters. The summed E-state index contributed by atoms with van der Waals surface area (Å²) in [7, 11) is 0. The second-order valence-corrected chi connectivity index (χ2v) is 20.2. The van der Waals surface area contributed by atoms with Gasteiger partial charge in [0.15, 0.2) is 34.5 Å². The van der Waals surface area contributed by atoms with Crippen LogP contribution in [0.15, 0.2) is 109 Å². The zero-order chi connectivity index (χ0) is 52.6. The van der Waals surface area contributed by atoms with Crippen molar-refractivity contribution < 1.29 is 33.2 Å². The summed E-state index contributed by atoms with van der Waals surface area (Å²) in [5, 5.41) is 2.38. The van der Waals surface area contributed by atoms with Crippen molar-refractivity contribution in [2.45, 2.75) is 190 Å². The van der Waals surface area contributed by atoms with E-state index in [-0.39, 0.29) is 40.2 Å². The van der Waals surface area contributed by atoms with Gasteiger partial charge in [-0.25, -0.2) is 0 Å². The van der Waals surface area contributed by atoms with Crippen LogP contribution < -0.4 is 33.2 Å². The lowest BCUT2D eigenvalue weighted by Crippen LogP contribution is -2.39. The van der Waals surface area contributed by atoms with Crippen LogP contribution in [0.5, 0.6) is 40.2 Å². The smallest absolute Gasteiger partial charge is 0.246 e. The maximum Gasteiger partial charge on any atom is 0.246 e. The molecule has 4 heterocycles. The van der Waals surface area contributed by atoms with Crippen molar-refractivity contribution in [2.24, 2.45) is 21.7 Å². The van der Waals surface area contributed by atoms with Crippen molar-refractivity contribution in [3.05, 3.63) is 115 Å². The van der Waals surface area contributed by atoms with Crippen molar-refractivity contribution in [3.8, 4) is 40.2 Å². The first-order valence-electron chi connectivity index (χ1n) is 26.1. The predicted molar refractivity (Wildman–Crippen MR) is 295 cm³/mol. The minimum Gasteiger partial charge on any atom is -0.490 e. The fourth-order valence-corrected chi connectivity index (χ4v) is 6.82. The van der Waals surface area contributed by atoms with Gasteiger partial charge in [-0.2, -0.15) is 0 Å². The normalized spacial score (nSPS) is 16.9. The van der Waals surface area contributed by atoms with Crippen molar-refractivity contribution in [3.63, 3.8) is 0 Å². The molecule has 0 amide bonds. The van der Waals surface area contributed by atoms with E-state index in [1.807, 2.05) is 136 Å². The van der Waals surface area contributed by atoms with Crippen molar-refractivity contribution >= 4 is 10.8 Å². The van der Waals surface area contributed by atoms with Crippen LogP contribution in [0.1, 0.15) is 164 Å². The number of fused-ring (bicyclic) bond motifs is 5. The predicted octanol–water partition coefficient (Wildman–Crippen LogP) is 18.3. The summed E-state index contributed by atoms with van der Waals surface area (Å²) in [5.41, 5.74) is 1.82. The molecule has 0 saturated heterocycles. The average Bonchev–Trinajstić information content (AvgIpc) is 3.82. The van der Waals surface area contributed by atoms with Gasteiger partial charge in [0.25, 0.3) is 0 Å². The molecule has 0 aliphatic carbocycles. The molecule has 7 nitrogen and oxygen atoms in total. The van der Waals surface area contributed by atoms with Gasteiger partial charge in [-0.1, -0.05) is 219 Å². The Kier molecular flexibility index (Phi) is 26.8. The quantitative estimate of drug-likeness (QED) is 0.153. The molecule has 0 saturated carbocycles. The van der Waals surface area contributed by atoms with E-state index in [9.17, 15) is 0 Å². The van der Waals surface area contributed by atoms with Crippen molar-refractivity contribution in [1.82, 2.24) is 0 Å². The molecule has 4 aliphatic heterocycles. The van der Waals surface area contributed by atoms with Crippen LogP contribution in [0.3, 0.4) is 0 Å².